The van der Waals surface area contributed by atoms with E-state index in [1.807, 2.05) is 18.4 Å². The topological polar surface area (TPSA) is 49.3 Å². The summed E-state index contributed by atoms with van der Waals surface area (Å²) < 4.78 is 0. The number of guanidine groups is 1. The van der Waals surface area contributed by atoms with Crippen LogP contribution in [0.15, 0.2) is 27.9 Å². The van der Waals surface area contributed by atoms with Crippen LogP contribution in [0.25, 0.3) is 0 Å². The molecule has 0 aliphatic rings. The first-order valence-corrected chi connectivity index (χ1v) is 10.3. The van der Waals surface area contributed by atoms with Gasteiger partial charge < -0.3 is 10.6 Å². The molecule has 0 spiro atoms. The lowest BCUT2D eigenvalue weighted by Crippen LogP contribution is -2.40. The highest BCUT2D eigenvalue weighted by Crippen LogP contribution is 2.14. The summed E-state index contributed by atoms with van der Waals surface area (Å²) in [6, 6.07) is 4.33. The molecule has 1 atom stereocenters. The predicted molar refractivity (Wildman–Crippen MR) is 122 cm³/mol. The van der Waals surface area contributed by atoms with Gasteiger partial charge in [-0.1, -0.05) is 13.0 Å². The van der Waals surface area contributed by atoms with E-state index < -0.39 is 0 Å². The van der Waals surface area contributed by atoms with Crippen molar-refractivity contribution < 1.29 is 0 Å². The number of thiazole rings is 1. The fourth-order valence-electron chi connectivity index (χ4n) is 2.46. The standard InChI is InChI=1S/C18H28N4S2.HI/c1-14(11-16-7-6-10-23-16)12-21-18(19-3)20-9-5-4-8-17-22-15(2)13-24-17;/h6-7,10,13-14H,4-5,8-9,11-12H2,1-3H3,(H2,19,20,21);1H. The van der Waals surface area contributed by atoms with Gasteiger partial charge in [-0.05, 0) is 50.0 Å². The average molecular weight is 492 g/mol. The fourth-order valence-corrected chi connectivity index (χ4v) is 4.15. The molecule has 2 rings (SSSR count). The van der Waals surface area contributed by atoms with E-state index in [-0.39, 0.29) is 24.0 Å². The molecule has 140 valence electrons. The molecule has 0 saturated heterocycles. The van der Waals surface area contributed by atoms with E-state index in [2.05, 4.69) is 57.4 Å². The Morgan fingerprint density at radius 1 is 1.28 bits per heavy atom. The largest absolute Gasteiger partial charge is 0.356 e. The van der Waals surface area contributed by atoms with Gasteiger partial charge in [0.2, 0.25) is 0 Å². The second-order valence-electron chi connectivity index (χ2n) is 6.11. The monoisotopic (exact) mass is 492 g/mol. The number of hydrogen-bond acceptors (Lipinski definition) is 4. The van der Waals surface area contributed by atoms with Gasteiger partial charge in [-0.2, -0.15) is 0 Å². The zero-order valence-electron chi connectivity index (χ0n) is 15.2. The summed E-state index contributed by atoms with van der Waals surface area (Å²) in [6.07, 6.45) is 4.48. The molecule has 0 aromatic carbocycles. The van der Waals surface area contributed by atoms with Crippen LogP contribution in [0.5, 0.6) is 0 Å². The second-order valence-corrected chi connectivity index (χ2v) is 8.08. The smallest absolute Gasteiger partial charge is 0.190 e. The van der Waals surface area contributed by atoms with Crippen LogP contribution in [0, 0.1) is 12.8 Å². The van der Waals surface area contributed by atoms with Crippen molar-refractivity contribution in [2.75, 3.05) is 20.1 Å². The van der Waals surface area contributed by atoms with E-state index in [1.54, 1.807) is 11.3 Å². The number of rotatable bonds is 9. The summed E-state index contributed by atoms with van der Waals surface area (Å²) in [4.78, 5) is 10.3. The number of aliphatic imine (C=N–C) groups is 1. The number of thiophene rings is 1. The SMILES string of the molecule is CN=C(NCCCCc1nc(C)cs1)NCC(C)Cc1cccs1.I. The maximum atomic E-state index is 4.50. The molecular formula is C18H29IN4S2. The first kappa shape index (κ1) is 22.4. The van der Waals surface area contributed by atoms with Gasteiger partial charge in [0.15, 0.2) is 5.96 Å². The third-order valence-electron chi connectivity index (χ3n) is 3.75. The number of nitrogens with one attached hydrogen (secondary N) is 2. The van der Waals surface area contributed by atoms with Crippen LogP contribution in [0.3, 0.4) is 0 Å². The normalized spacial score (nSPS) is 12.5. The molecule has 0 aliphatic carbocycles. The molecule has 1 unspecified atom stereocenters. The third-order valence-corrected chi connectivity index (χ3v) is 5.67. The molecule has 4 nitrogen and oxygen atoms in total. The fraction of sp³-hybridized carbons (Fsp3) is 0.556. The molecule has 2 aromatic rings. The Balaban J connectivity index is 0.00000312. The maximum absolute atomic E-state index is 4.50. The predicted octanol–water partition coefficient (Wildman–Crippen LogP) is 4.50. The molecule has 0 saturated carbocycles. The van der Waals surface area contributed by atoms with Crippen LogP contribution in [0.2, 0.25) is 0 Å². The van der Waals surface area contributed by atoms with Crippen molar-refractivity contribution in [2.24, 2.45) is 10.9 Å². The molecule has 2 aromatic heterocycles. The van der Waals surface area contributed by atoms with Crippen molar-refractivity contribution in [3.63, 3.8) is 0 Å². The van der Waals surface area contributed by atoms with Crippen molar-refractivity contribution in [1.29, 1.82) is 0 Å². The number of unbranched alkanes of at least 4 members (excludes halogenated alkanes) is 1. The molecule has 0 bridgehead atoms. The maximum Gasteiger partial charge on any atom is 0.190 e. The zero-order valence-corrected chi connectivity index (χ0v) is 19.2. The van der Waals surface area contributed by atoms with Crippen LogP contribution in [0.1, 0.15) is 35.3 Å². The minimum atomic E-state index is 0. The van der Waals surface area contributed by atoms with Crippen molar-refractivity contribution in [1.82, 2.24) is 15.6 Å². The Morgan fingerprint density at radius 3 is 2.76 bits per heavy atom. The van der Waals surface area contributed by atoms with E-state index in [4.69, 9.17) is 0 Å². The van der Waals surface area contributed by atoms with E-state index in [0.29, 0.717) is 5.92 Å². The summed E-state index contributed by atoms with van der Waals surface area (Å²) in [7, 11) is 1.83. The van der Waals surface area contributed by atoms with E-state index >= 15 is 0 Å². The Kier molecular flexibility index (Phi) is 11.3. The van der Waals surface area contributed by atoms with Gasteiger partial charge in [0.25, 0.3) is 0 Å². The number of aromatic nitrogens is 1. The first-order chi connectivity index (χ1) is 11.7. The first-order valence-electron chi connectivity index (χ1n) is 8.55. The number of halogens is 1. The molecule has 2 N–H and O–H groups in total. The van der Waals surface area contributed by atoms with Crippen molar-refractivity contribution >= 4 is 52.6 Å². The molecule has 25 heavy (non-hydrogen) atoms. The minimum Gasteiger partial charge on any atom is -0.356 e. The van der Waals surface area contributed by atoms with Crippen LogP contribution in [-0.2, 0) is 12.8 Å². The third kappa shape index (κ3) is 9.01. The van der Waals surface area contributed by atoms with E-state index in [9.17, 15) is 0 Å². The molecule has 2 heterocycles. The summed E-state index contributed by atoms with van der Waals surface area (Å²) in [6.45, 7) is 6.21. The second kappa shape index (κ2) is 12.6. The van der Waals surface area contributed by atoms with Crippen LogP contribution in [0.4, 0.5) is 0 Å². The number of hydrogen-bond donors (Lipinski definition) is 2. The zero-order chi connectivity index (χ0) is 17.2. The Bertz CT molecular complexity index is 610. The van der Waals surface area contributed by atoms with Crippen LogP contribution >= 0.6 is 46.7 Å². The van der Waals surface area contributed by atoms with Crippen molar-refractivity contribution in [2.45, 2.75) is 39.5 Å². The summed E-state index contributed by atoms with van der Waals surface area (Å²) in [5.41, 5.74) is 1.13. The number of nitrogens with zero attached hydrogens (tertiary/aromatic N) is 2. The number of aryl methyl sites for hydroxylation is 2. The molecule has 7 heteroatoms. The highest BCUT2D eigenvalue weighted by atomic mass is 127. The van der Waals surface area contributed by atoms with Gasteiger partial charge in [0, 0.05) is 36.1 Å². The van der Waals surface area contributed by atoms with Crippen molar-refractivity contribution in [3.05, 3.63) is 38.5 Å². The van der Waals surface area contributed by atoms with Gasteiger partial charge in [0.05, 0.1) is 5.01 Å². The van der Waals surface area contributed by atoms with Gasteiger partial charge in [0.1, 0.15) is 0 Å². The van der Waals surface area contributed by atoms with Crippen molar-refractivity contribution in [3.8, 4) is 0 Å². The highest BCUT2D eigenvalue weighted by molar-refractivity contribution is 14.0. The van der Waals surface area contributed by atoms with Gasteiger partial charge in [-0.15, -0.1) is 46.7 Å². The quantitative estimate of drug-likeness (QED) is 0.235. The molecule has 0 aliphatic heterocycles. The molecule has 0 fully saturated rings. The Hall–Kier alpha value is -0.670. The lowest BCUT2D eigenvalue weighted by atomic mass is 10.1. The van der Waals surface area contributed by atoms with E-state index in [1.165, 1.54) is 9.88 Å². The lowest BCUT2D eigenvalue weighted by Gasteiger charge is -2.15. The Morgan fingerprint density at radius 2 is 2.12 bits per heavy atom. The average Bonchev–Trinajstić information content (AvgIpc) is 3.21. The van der Waals surface area contributed by atoms with Crippen LogP contribution < -0.4 is 10.6 Å². The molecule has 0 radical (unpaired) electrons. The molecule has 0 amide bonds. The van der Waals surface area contributed by atoms with Gasteiger partial charge in [-0.3, -0.25) is 4.99 Å². The Labute approximate surface area is 176 Å². The van der Waals surface area contributed by atoms with E-state index in [0.717, 1.165) is 50.4 Å². The molecular weight excluding hydrogens is 463 g/mol. The highest BCUT2D eigenvalue weighted by Gasteiger charge is 2.06. The van der Waals surface area contributed by atoms with Gasteiger partial charge in [-0.25, -0.2) is 4.98 Å². The van der Waals surface area contributed by atoms with Crippen LogP contribution in [-0.4, -0.2) is 31.1 Å². The summed E-state index contributed by atoms with van der Waals surface area (Å²) in [5, 5.41) is 12.3. The summed E-state index contributed by atoms with van der Waals surface area (Å²) in [5.74, 6) is 1.49. The van der Waals surface area contributed by atoms with Gasteiger partial charge >= 0.3 is 0 Å². The summed E-state index contributed by atoms with van der Waals surface area (Å²) >= 11 is 3.60. The lowest BCUT2D eigenvalue weighted by molar-refractivity contribution is 0.560. The minimum absolute atomic E-state index is 0.